The molecule has 0 aromatic heterocycles. The van der Waals surface area contributed by atoms with Crippen LogP contribution in [-0.2, 0) is 23.8 Å². The Hall–Kier alpha value is -1.18. The van der Waals surface area contributed by atoms with Gasteiger partial charge in [-0.15, -0.1) is 0 Å². The normalized spacial score (nSPS) is 12.0. The zero-order valence-electron chi connectivity index (χ0n) is 13.3. The highest BCUT2D eigenvalue weighted by molar-refractivity contribution is 5.70. The first-order valence-corrected chi connectivity index (χ1v) is 7.82. The summed E-state index contributed by atoms with van der Waals surface area (Å²) < 4.78 is 15.2. The van der Waals surface area contributed by atoms with Crippen molar-refractivity contribution in [3.8, 4) is 0 Å². The van der Waals surface area contributed by atoms with E-state index in [0.29, 0.717) is 19.6 Å². The summed E-state index contributed by atoms with van der Waals surface area (Å²) in [4.78, 5) is 21.7. The molecule has 0 saturated heterocycles. The topological polar surface area (TPSA) is 102 Å². The second kappa shape index (κ2) is 14.7. The Morgan fingerprint density at radius 3 is 2.18 bits per heavy atom. The summed E-state index contributed by atoms with van der Waals surface area (Å²) in [6, 6.07) is 0. The van der Waals surface area contributed by atoms with Crippen LogP contribution in [0.1, 0.15) is 51.9 Å². The Kier molecular flexibility index (Phi) is 14.0. The molecule has 0 aliphatic rings. The molecule has 0 bridgehead atoms. The average molecular weight is 320 g/mol. The standard InChI is InChI=1S/C15H28O7/c1-2-9-21-15(22-14(19)12-17)8-6-4-3-5-7-10-20-13(18)11-16/h15-17H,2-12H2,1H3. The summed E-state index contributed by atoms with van der Waals surface area (Å²) in [7, 11) is 0. The molecular weight excluding hydrogens is 292 g/mol. The molecule has 0 aromatic carbocycles. The van der Waals surface area contributed by atoms with Crippen LogP contribution in [-0.4, -0.2) is 54.9 Å². The molecule has 0 spiro atoms. The molecule has 0 saturated carbocycles. The largest absolute Gasteiger partial charge is 0.464 e. The van der Waals surface area contributed by atoms with E-state index in [4.69, 9.17) is 24.4 Å². The van der Waals surface area contributed by atoms with Crippen molar-refractivity contribution in [1.29, 1.82) is 0 Å². The van der Waals surface area contributed by atoms with E-state index < -0.39 is 31.4 Å². The van der Waals surface area contributed by atoms with Gasteiger partial charge in [-0.25, -0.2) is 9.59 Å². The van der Waals surface area contributed by atoms with Crippen molar-refractivity contribution < 1.29 is 34.0 Å². The number of carbonyl (C=O) groups is 2. The Bertz CT molecular complexity index is 294. The summed E-state index contributed by atoms with van der Waals surface area (Å²) >= 11 is 0. The van der Waals surface area contributed by atoms with Crippen molar-refractivity contribution in [2.24, 2.45) is 0 Å². The third kappa shape index (κ3) is 12.6. The van der Waals surface area contributed by atoms with Gasteiger partial charge in [0.15, 0.2) is 0 Å². The van der Waals surface area contributed by atoms with Crippen molar-refractivity contribution in [3.63, 3.8) is 0 Å². The number of esters is 2. The zero-order chi connectivity index (χ0) is 16.6. The van der Waals surface area contributed by atoms with E-state index in [2.05, 4.69) is 0 Å². The summed E-state index contributed by atoms with van der Waals surface area (Å²) in [5.41, 5.74) is 0. The van der Waals surface area contributed by atoms with Crippen LogP contribution in [0.4, 0.5) is 0 Å². The summed E-state index contributed by atoms with van der Waals surface area (Å²) in [5, 5.41) is 17.1. The third-order valence-electron chi connectivity index (χ3n) is 2.88. The zero-order valence-corrected chi connectivity index (χ0v) is 13.3. The lowest BCUT2D eigenvalue weighted by Gasteiger charge is -2.17. The number of aliphatic hydroxyl groups excluding tert-OH is 2. The maximum Gasteiger partial charge on any atom is 0.334 e. The van der Waals surface area contributed by atoms with Crippen molar-refractivity contribution in [3.05, 3.63) is 0 Å². The molecular formula is C15H28O7. The molecule has 130 valence electrons. The second-order valence-electron chi connectivity index (χ2n) is 4.88. The SMILES string of the molecule is CCCOC(CCCCCCCOC(=O)CO)OC(=O)CO. The van der Waals surface area contributed by atoms with E-state index in [1.54, 1.807) is 0 Å². The molecule has 22 heavy (non-hydrogen) atoms. The predicted octanol–water partition coefficient (Wildman–Crippen LogP) is 1.15. The molecule has 0 aromatic rings. The number of rotatable bonds is 14. The maximum absolute atomic E-state index is 11.1. The molecule has 0 heterocycles. The van der Waals surface area contributed by atoms with Gasteiger partial charge in [0.25, 0.3) is 0 Å². The highest BCUT2D eigenvalue weighted by atomic mass is 16.7. The minimum Gasteiger partial charge on any atom is -0.464 e. The highest BCUT2D eigenvalue weighted by Gasteiger charge is 2.13. The molecule has 0 aliphatic carbocycles. The number of hydrogen-bond acceptors (Lipinski definition) is 7. The van der Waals surface area contributed by atoms with Crippen LogP contribution in [0.25, 0.3) is 0 Å². The average Bonchev–Trinajstić information content (AvgIpc) is 2.53. The Morgan fingerprint density at radius 2 is 1.55 bits per heavy atom. The van der Waals surface area contributed by atoms with Crippen LogP contribution in [0.15, 0.2) is 0 Å². The fourth-order valence-corrected chi connectivity index (χ4v) is 1.78. The van der Waals surface area contributed by atoms with Crippen molar-refractivity contribution in [1.82, 2.24) is 0 Å². The third-order valence-corrected chi connectivity index (χ3v) is 2.88. The van der Waals surface area contributed by atoms with Gasteiger partial charge in [0.05, 0.1) is 13.2 Å². The van der Waals surface area contributed by atoms with Crippen molar-refractivity contribution in [2.45, 2.75) is 58.2 Å². The minimum absolute atomic E-state index is 0.329. The number of aliphatic hydroxyl groups is 2. The molecule has 7 nitrogen and oxygen atoms in total. The number of hydrogen-bond donors (Lipinski definition) is 2. The smallest absolute Gasteiger partial charge is 0.334 e. The Balaban J connectivity index is 3.61. The molecule has 0 radical (unpaired) electrons. The van der Waals surface area contributed by atoms with E-state index in [1.807, 2.05) is 6.92 Å². The number of unbranched alkanes of at least 4 members (excludes halogenated alkanes) is 4. The van der Waals surface area contributed by atoms with E-state index in [0.717, 1.165) is 38.5 Å². The maximum atomic E-state index is 11.1. The predicted molar refractivity (Wildman–Crippen MR) is 79.0 cm³/mol. The lowest BCUT2D eigenvalue weighted by Crippen LogP contribution is -2.23. The van der Waals surface area contributed by atoms with E-state index in [9.17, 15) is 9.59 Å². The fourth-order valence-electron chi connectivity index (χ4n) is 1.78. The first-order chi connectivity index (χ1) is 10.6. The molecule has 1 atom stereocenters. The van der Waals surface area contributed by atoms with Crippen LogP contribution >= 0.6 is 0 Å². The van der Waals surface area contributed by atoms with Crippen LogP contribution < -0.4 is 0 Å². The van der Waals surface area contributed by atoms with E-state index >= 15 is 0 Å². The van der Waals surface area contributed by atoms with Gasteiger partial charge in [-0.1, -0.05) is 26.2 Å². The highest BCUT2D eigenvalue weighted by Crippen LogP contribution is 2.11. The lowest BCUT2D eigenvalue weighted by molar-refractivity contribution is -0.183. The number of carbonyl (C=O) groups excluding carboxylic acids is 2. The van der Waals surface area contributed by atoms with Crippen LogP contribution in [0, 0.1) is 0 Å². The summed E-state index contributed by atoms with van der Waals surface area (Å²) in [6.07, 6.45) is 5.32. The van der Waals surface area contributed by atoms with Gasteiger partial charge >= 0.3 is 11.9 Å². The minimum atomic E-state index is -0.674. The van der Waals surface area contributed by atoms with Gasteiger partial charge < -0.3 is 24.4 Å². The molecule has 2 N–H and O–H groups in total. The van der Waals surface area contributed by atoms with Gasteiger partial charge in [-0.05, 0) is 19.3 Å². The van der Waals surface area contributed by atoms with Crippen molar-refractivity contribution in [2.75, 3.05) is 26.4 Å². The molecule has 0 amide bonds. The molecule has 7 heteroatoms. The van der Waals surface area contributed by atoms with E-state index in [-0.39, 0.29) is 0 Å². The number of ether oxygens (including phenoxy) is 3. The monoisotopic (exact) mass is 320 g/mol. The first-order valence-electron chi connectivity index (χ1n) is 7.82. The second-order valence-corrected chi connectivity index (χ2v) is 4.88. The molecule has 1 unspecified atom stereocenters. The van der Waals surface area contributed by atoms with Crippen LogP contribution in [0.3, 0.4) is 0 Å². The Morgan fingerprint density at radius 1 is 0.909 bits per heavy atom. The van der Waals surface area contributed by atoms with Gasteiger partial charge in [-0.2, -0.15) is 0 Å². The van der Waals surface area contributed by atoms with Gasteiger partial charge in [0, 0.05) is 6.42 Å². The lowest BCUT2D eigenvalue weighted by atomic mass is 10.1. The van der Waals surface area contributed by atoms with Gasteiger partial charge in [-0.3, -0.25) is 0 Å². The molecule has 0 rings (SSSR count). The Labute approximate surface area is 131 Å². The molecule has 0 aliphatic heterocycles. The van der Waals surface area contributed by atoms with Gasteiger partial charge in [0.1, 0.15) is 13.2 Å². The summed E-state index contributed by atoms with van der Waals surface area (Å²) in [6.45, 7) is 1.59. The molecule has 0 fully saturated rings. The van der Waals surface area contributed by atoms with Crippen molar-refractivity contribution >= 4 is 11.9 Å². The summed E-state index contributed by atoms with van der Waals surface area (Å²) in [5.74, 6) is -1.27. The van der Waals surface area contributed by atoms with Crippen LogP contribution in [0.5, 0.6) is 0 Å². The van der Waals surface area contributed by atoms with Crippen LogP contribution in [0.2, 0.25) is 0 Å². The fraction of sp³-hybridized carbons (Fsp3) is 0.867. The van der Waals surface area contributed by atoms with Gasteiger partial charge in [0.2, 0.25) is 6.29 Å². The first kappa shape index (κ1) is 20.8. The quantitative estimate of drug-likeness (QED) is 0.281. The van der Waals surface area contributed by atoms with E-state index in [1.165, 1.54) is 0 Å².